The Labute approximate surface area is 50.7 Å². The number of carboxylic acid groups (broad SMARTS) is 1. The second-order valence-corrected chi connectivity index (χ2v) is 1.59. The summed E-state index contributed by atoms with van der Waals surface area (Å²) in [5.74, 6) is -0.748. The van der Waals surface area contributed by atoms with Crippen molar-refractivity contribution in [1.82, 2.24) is 0 Å². The van der Waals surface area contributed by atoms with Crippen LogP contribution in [-0.4, -0.2) is 17.2 Å². The number of hydrogen-bond acceptors (Lipinski definition) is 3. The summed E-state index contributed by atoms with van der Waals surface area (Å²) in [7, 11) is 0. The molecule has 0 aromatic rings. The average molecular weight is 128 g/mol. The van der Waals surface area contributed by atoms with E-state index < -0.39 is 12.1 Å². The Balaban J connectivity index is 2.35. The van der Waals surface area contributed by atoms with Gasteiger partial charge in [-0.3, -0.25) is 0 Å². The Morgan fingerprint density at radius 1 is 1.67 bits per heavy atom. The third-order valence-corrected chi connectivity index (χ3v) is 0.850. The molecule has 4 heteroatoms. The Bertz CT molecular complexity index is 191. The Morgan fingerprint density at radius 3 is 2.56 bits per heavy atom. The normalized spacial score (nSPS) is 14.0. The standard InChI is InChI=1S/C5H4O4/c6-4(3-1-2-3)9-5(7)8/h1H,2H2,(H,7,8). The smallest absolute Gasteiger partial charge is 0.449 e. The van der Waals surface area contributed by atoms with Crippen LogP contribution in [0.15, 0.2) is 11.6 Å². The number of esters is 1. The minimum Gasteiger partial charge on any atom is -0.449 e. The molecule has 0 spiro atoms. The van der Waals surface area contributed by atoms with Crippen molar-refractivity contribution in [1.29, 1.82) is 0 Å². The van der Waals surface area contributed by atoms with Crippen molar-refractivity contribution in [2.45, 2.75) is 6.42 Å². The van der Waals surface area contributed by atoms with Gasteiger partial charge in [0.2, 0.25) is 0 Å². The van der Waals surface area contributed by atoms with Crippen LogP contribution in [0.4, 0.5) is 4.79 Å². The monoisotopic (exact) mass is 128 g/mol. The summed E-state index contributed by atoms with van der Waals surface area (Å²) in [5, 5.41) is 7.89. The summed E-state index contributed by atoms with van der Waals surface area (Å²) in [4.78, 5) is 20.0. The number of hydrogen-bond donors (Lipinski definition) is 1. The molecule has 1 aliphatic rings. The van der Waals surface area contributed by atoms with Crippen molar-refractivity contribution < 1.29 is 19.4 Å². The van der Waals surface area contributed by atoms with Crippen LogP contribution < -0.4 is 0 Å². The van der Waals surface area contributed by atoms with E-state index in [2.05, 4.69) is 4.74 Å². The number of rotatable bonds is 1. The summed E-state index contributed by atoms with van der Waals surface area (Å²) < 4.78 is 3.78. The molecule has 0 radical (unpaired) electrons. The molecule has 1 rings (SSSR count). The molecule has 0 aromatic carbocycles. The molecule has 0 aliphatic heterocycles. The molecule has 0 saturated carbocycles. The molecule has 0 heterocycles. The van der Waals surface area contributed by atoms with Gasteiger partial charge < -0.3 is 9.84 Å². The van der Waals surface area contributed by atoms with Gasteiger partial charge in [-0.2, -0.15) is 0 Å². The van der Waals surface area contributed by atoms with Gasteiger partial charge in [-0.25, -0.2) is 9.59 Å². The van der Waals surface area contributed by atoms with Crippen LogP contribution in [0.3, 0.4) is 0 Å². The van der Waals surface area contributed by atoms with Crippen LogP contribution in [0.1, 0.15) is 6.42 Å². The molecule has 0 amide bonds. The molecular weight excluding hydrogens is 124 g/mol. The van der Waals surface area contributed by atoms with Crippen molar-refractivity contribution in [3.8, 4) is 0 Å². The summed E-state index contributed by atoms with van der Waals surface area (Å²) in [6, 6.07) is 0. The van der Waals surface area contributed by atoms with E-state index in [1.807, 2.05) is 0 Å². The SMILES string of the molecule is O=C(O)OC(=O)C1=CC1. The number of ether oxygens (including phenoxy) is 1. The third kappa shape index (κ3) is 1.56. The van der Waals surface area contributed by atoms with Crippen LogP contribution in [0.25, 0.3) is 0 Å². The lowest BCUT2D eigenvalue weighted by molar-refractivity contribution is -0.134. The quantitative estimate of drug-likeness (QED) is 0.413. The summed E-state index contributed by atoms with van der Waals surface area (Å²) in [6.45, 7) is 0. The molecule has 0 aromatic heterocycles. The van der Waals surface area contributed by atoms with Crippen LogP contribution in [0.2, 0.25) is 0 Å². The topological polar surface area (TPSA) is 63.6 Å². The number of carbonyl (C=O) groups excluding carboxylic acids is 1. The van der Waals surface area contributed by atoms with Crippen molar-refractivity contribution in [3.05, 3.63) is 11.6 Å². The van der Waals surface area contributed by atoms with Gasteiger partial charge >= 0.3 is 12.1 Å². The van der Waals surface area contributed by atoms with Gasteiger partial charge in [0.05, 0.1) is 0 Å². The fourth-order valence-electron chi connectivity index (χ4n) is 0.363. The van der Waals surface area contributed by atoms with E-state index in [0.717, 1.165) is 0 Å². The van der Waals surface area contributed by atoms with E-state index >= 15 is 0 Å². The molecule has 4 nitrogen and oxygen atoms in total. The van der Waals surface area contributed by atoms with Gasteiger partial charge in [0, 0.05) is 5.57 Å². The maximum atomic E-state index is 10.3. The van der Waals surface area contributed by atoms with Crippen molar-refractivity contribution >= 4 is 12.1 Å². The first kappa shape index (κ1) is 5.81. The number of carbonyl (C=O) groups is 2. The van der Waals surface area contributed by atoms with Crippen molar-refractivity contribution in [2.24, 2.45) is 0 Å². The fourth-order valence-corrected chi connectivity index (χ4v) is 0.363. The highest BCUT2D eigenvalue weighted by atomic mass is 16.7. The van der Waals surface area contributed by atoms with Crippen molar-refractivity contribution in [2.75, 3.05) is 0 Å². The Kier molecular flexibility index (Phi) is 1.22. The van der Waals surface area contributed by atoms with Gasteiger partial charge in [0.15, 0.2) is 0 Å². The first-order chi connectivity index (χ1) is 4.20. The Hall–Kier alpha value is -1.32. The molecule has 48 valence electrons. The van der Waals surface area contributed by atoms with Gasteiger partial charge in [0.25, 0.3) is 0 Å². The molecule has 0 unspecified atom stereocenters. The summed E-state index contributed by atoms with van der Waals surface area (Å²) in [5.41, 5.74) is 0.442. The zero-order valence-corrected chi connectivity index (χ0v) is 4.46. The van der Waals surface area contributed by atoms with E-state index in [1.54, 1.807) is 6.08 Å². The summed E-state index contributed by atoms with van der Waals surface area (Å²) in [6.07, 6.45) is 0.616. The highest BCUT2D eigenvalue weighted by Gasteiger charge is 2.20. The third-order valence-electron chi connectivity index (χ3n) is 0.850. The molecule has 0 atom stereocenters. The lowest BCUT2D eigenvalue weighted by atomic mass is 10.5. The molecule has 1 aliphatic carbocycles. The zero-order valence-electron chi connectivity index (χ0n) is 4.46. The largest absolute Gasteiger partial charge is 0.513 e. The lowest BCUT2D eigenvalue weighted by Gasteiger charge is -1.89. The highest BCUT2D eigenvalue weighted by Crippen LogP contribution is 2.19. The molecule has 0 bridgehead atoms. The van der Waals surface area contributed by atoms with E-state index in [1.165, 1.54) is 0 Å². The van der Waals surface area contributed by atoms with Gasteiger partial charge in [0.1, 0.15) is 0 Å². The van der Waals surface area contributed by atoms with Gasteiger partial charge in [-0.05, 0) is 6.42 Å². The average Bonchev–Trinajstić information content (AvgIpc) is 2.40. The minimum atomic E-state index is -1.55. The van der Waals surface area contributed by atoms with E-state index in [9.17, 15) is 9.59 Å². The fraction of sp³-hybridized carbons (Fsp3) is 0.200. The lowest BCUT2D eigenvalue weighted by Crippen LogP contribution is -2.07. The van der Waals surface area contributed by atoms with Crippen LogP contribution in [0.5, 0.6) is 0 Å². The van der Waals surface area contributed by atoms with Crippen LogP contribution in [-0.2, 0) is 9.53 Å². The van der Waals surface area contributed by atoms with E-state index in [4.69, 9.17) is 5.11 Å². The van der Waals surface area contributed by atoms with Crippen LogP contribution >= 0.6 is 0 Å². The van der Waals surface area contributed by atoms with Gasteiger partial charge in [-0.1, -0.05) is 6.08 Å². The predicted octanol–water partition coefficient (Wildman–Crippen LogP) is 0.538. The Morgan fingerprint density at radius 2 is 2.22 bits per heavy atom. The predicted molar refractivity (Wildman–Crippen MR) is 26.8 cm³/mol. The van der Waals surface area contributed by atoms with E-state index in [0.29, 0.717) is 12.0 Å². The molecule has 0 saturated heterocycles. The molecular formula is C5H4O4. The molecule has 1 N–H and O–H groups in total. The van der Waals surface area contributed by atoms with Crippen molar-refractivity contribution in [3.63, 3.8) is 0 Å². The first-order valence-electron chi connectivity index (χ1n) is 2.34. The number of allylic oxidation sites excluding steroid dienone is 1. The molecule has 9 heavy (non-hydrogen) atoms. The maximum Gasteiger partial charge on any atom is 0.513 e. The second-order valence-electron chi connectivity index (χ2n) is 1.59. The second kappa shape index (κ2) is 1.89. The molecule has 0 fully saturated rings. The maximum absolute atomic E-state index is 10.3. The van der Waals surface area contributed by atoms with E-state index in [-0.39, 0.29) is 0 Å². The minimum absolute atomic E-state index is 0.442. The first-order valence-corrected chi connectivity index (χ1v) is 2.34. The van der Waals surface area contributed by atoms with Crippen LogP contribution in [0, 0.1) is 0 Å². The zero-order chi connectivity index (χ0) is 6.85. The van der Waals surface area contributed by atoms with Gasteiger partial charge in [-0.15, -0.1) is 0 Å². The highest BCUT2D eigenvalue weighted by molar-refractivity contribution is 5.97. The summed E-state index contributed by atoms with van der Waals surface area (Å²) >= 11 is 0.